The van der Waals surface area contributed by atoms with Gasteiger partial charge in [0, 0.05) is 25.2 Å². The fourth-order valence-electron chi connectivity index (χ4n) is 2.09. The van der Waals surface area contributed by atoms with Crippen LogP contribution >= 0.6 is 0 Å². The summed E-state index contributed by atoms with van der Waals surface area (Å²) < 4.78 is 5.14. The maximum Gasteiger partial charge on any atom is 0.121 e. The molecular weight excluding hydrogens is 202 g/mol. The highest BCUT2D eigenvalue weighted by Gasteiger charge is 2.17. The molecule has 0 saturated carbocycles. The molecule has 4 nitrogen and oxygen atoms in total. The molecule has 1 aliphatic heterocycles. The van der Waals surface area contributed by atoms with Crippen molar-refractivity contribution >= 4 is 11.4 Å². The Bertz CT molecular complexity index is 359. The van der Waals surface area contributed by atoms with Gasteiger partial charge in [-0.3, -0.25) is 0 Å². The van der Waals surface area contributed by atoms with E-state index < -0.39 is 0 Å². The van der Waals surface area contributed by atoms with Gasteiger partial charge in [-0.25, -0.2) is 0 Å². The predicted molar refractivity (Wildman–Crippen MR) is 66.8 cm³/mol. The summed E-state index contributed by atoms with van der Waals surface area (Å²) in [6.07, 6.45) is 2.07. The molecule has 4 N–H and O–H groups in total. The van der Waals surface area contributed by atoms with Crippen LogP contribution in [0, 0.1) is 0 Å². The van der Waals surface area contributed by atoms with Crippen LogP contribution in [0.5, 0.6) is 5.75 Å². The average Bonchev–Trinajstić information content (AvgIpc) is 2.30. The SMILES string of the molecule is COc1ccc(N2CCC(N)CC2)c(N)c1. The Morgan fingerprint density at radius 3 is 2.56 bits per heavy atom. The summed E-state index contributed by atoms with van der Waals surface area (Å²) in [4.78, 5) is 2.29. The monoisotopic (exact) mass is 221 g/mol. The lowest BCUT2D eigenvalue weighted by molar-refractivity contribution is 0.415. The Morgan fingerprint density at radius 1 is 1.31 bits per heavy atom. The summed E-state index contributed by atoms with van der Waals surface area (Å²) in [5.41, 5.74) is 13.8. The van der Waals surface area contributed by atoms with Crippen molar-refractivity contribution in [3.63, 3.8) is 0 Å². The van der Waals surface area contributed by atoms with Crippen molar-refractivity contribution in [1.29, 1.82) is 0 Å². The molecule has 4 heteroatoms. The van der Waals surface area contributed by atoms with Gasteiger partial charge in [0.2, 0.25) is 0 Å². The van der Waals surface area contributed by atoms with Crippen LogP contribution in [-0.4, -0.2) is 26.2 Å². The summed E-state index contributed by atoms with van der Waals surface area (Å²) >= 11 is 0. The first-order chi connectivity index (χ1) is 7.70. The number of nitrogens with two attached hydrogens (primary N) is 2. The number of hydrogen-bond acceptors (Lipinski definition) is 4. The topological polar surface area (TPSA) is 64.5 Å². The Morgan fingerprint density at radius 2 is 2.00 bits per heavy atom. The first-order valence-corrected chi connectivity index (χ1v) is 5.64. The number of piperidine rings is 1. The summed E-state index contributed by atoms with van der Waals surface area (Å²) in [6.45, 7) is 1.97. The molecule has 0 amide bonds. The van der Waals surface area contributed by atoms with E-state index in [-0.39, 0.29) is 0 Å². The molecule has 1 aromatic rings. The number of hydrogen-bond donors (Lipinski definition) is 2. The van der Waals surface area contributed by atoms with Crippen LogP contribution in [0.2, 0.25) is 0 Å². The van der Waals surface area contributed by atoms with Crippen LogP contribution in [0.1, 0.15) is 12.8 Å². The average molecular weight is 221 g/mol. The van der Waals surface area contributed by atoms with Crippen LogP contribution in [0.25, 0.3) is 0 Å². The quantitative estimate of drug-likeness (QED) is 0.737. The summed E-state index contributed by atoms with van der Waals surface area (Å²) in [5.74, 6) is 0.801. The third kappa shape index (κ3) is 2.22. The Hall–Kier alpha value is -1.42. The van der Waals surface area contributed by atoms with Gasteiger partial charge < -0.3 is 21.1 Å². The third-order valence-electron chi connectivity index (χ3n) is 3.12. The standard InChI is InChI=1S/C12H19N3O/c1-16-10-2-3-12(11(14)8-10)15-6-4-9(13)5-7-15/h2-3,8-9H,4-7,13-14H2,1H3. The fraction of sp³-hybridized carbons (Fsp3) is 0.500. The molecule has 2 rings (SSSR count). The van der Waals surface area contributed by atoms with E-state index in [0.717, 1.165) is 43.1 Å². The van der Waals surface area contributed by atoms with Gasteiger partial charge in [-0.2, -0.15) is 0 Å². The second-order valence-electron chi connectivity index (χ2n) is 4.25. The zero-order valence-electron chi connectivity index (χ0n) is 9.65. The minimum Gasteiger partial charge on any atom is -0.497 e. The second-order valence-corrected chi connectivity index (χ2v) is 4.25. The van der Waals surface area contributed by atoms with E-state index in [4.69, 9.17) is 16.2 Å². The lowest BCUT2D eigenvalue weighted by Crippen LogP contribution is -2.39. The van der Waals surface area contributed by atoms with E-state index in [1.807, 2.05) is 18.2 Å². The largest absolute Gasteiger partial charge is 0.497 e. The van der Waals surface area contributed by atoms with Crippen molar-refractivity contribution in [2.45, 2.75) is 18.9 Å². The van der Waals surface area contributed by atoms with E-state index in [0.29, 0.717) is 6.04 Å². The van der Waals surface area contributed by atoms with E-state index in [1.54, 1.807) is 7.11 Å². The Kier molecular flexibility index (Phi) is 3.19. The maximum absolute atomic E-state index is 6.01. The van der Waals surface area contributed by atoms with Crippen LogP contribution < -0.4 is 21.1 Å². The zero-order valence-corrected chi connectivity index (χ0v) is 9.65. The minimum absolute atomic E-state index is 0.343. The molecule has 0 unspecified atom stereocenters. The smallest absolute Gasteiger partial charge is 0.121 e. The molecule has 1 aliphatic rings. The van der Waals surface area contributed by atoms with Crippen LogP contribution in [-0.2, 0) is 0 Å². The molecule has 16 heavy (non-hydrogen) atoms. The number of benzene rings is 1. The van der Waals surface area contributed by atoms with E-state index in [1.165, 1.54) is 0 Å². The van der Waals surface area contributed by atoms with Crippen LogP contribution in [0.4, 0.5) is 11.4 Å². The minimum atomic E-state index is 0.343. The lowest BCUT2D eigenvalue weighted by atomic mass is 10.1. The number of nitrogens with zero attached hydrogens (tertiary/aromatic N) is 1. The van der Waals surface area contributed by atoms with Gasteiger partial charge in [-0.1, -0.05) is 0 Å². The highest BCUT2D eigenvalue weighted by atomic mass is 16.5. The molecule has 1 fully saturated rings. The summed E-state index contributed by atoms with van der Waals surface area (Å²) in [7, 11) is 1.65. The van der Waals surface area contributed by atoms with E-state index in [9.17, 15) is 0 Å². The molecule has 1 aromatic carbocycles. The lowest BCUT2D eigenvalue weighted by Gasteiger charge is -2.32. The molecule has 0 spiro atoms. The second kappa shape index (κ2) is 4.61. The fourth-order valence-corrected chi connectivity index (χ4v) is 2.09. The van der Waals surface area contributed by atoms with Crippen LogP contribution in [0.3, 0.4) is 0 Å². The van der Waals surface area contributed by atoms with Crippen molar-refractivity contribution in [2.24, 2.45) is 5.73 Å². The highest BCUT2D eigenvalue weighted by Crippen LogP contribution is 2.29. The van der Waals surface area contributed by atoms with Gasteiger partial charge >= 0.3 is 0 Å². The van der Waals surface area contributed by atoms with Gasteiger partial charge in [-0.05, 0) is 25.0 Å². The van der Waals surface area contributed by atoms with Gasteiger partial charge in [0.25, 0.3) is 0 Å². The summed E-state index contributed by atoms with van der Waals surface area (Å²) in [5, 5.41) is 0. The molecule has 1 heterocycles. The van der Waals surface area contributed by atoms with Crippen molar-refractivity contribution in [3.8, 4) is 5.75 Å². The van der Waals surface area contributed by atoms with E-state index in [2.05, 4.69) is 4.90 Å². The highest BCUT2D eigenvalue weighted by molar-refractivity contribution is 5.69. The Labute approximate surface area is 96.2 Å². The number of ether oxygens (including phenoxy) is 1. The van der Waals surface area contributed by atoms with Gasteiger partial charge in [0.15, 0.2) is 0 Å². The molecule has 0 aliphatic carbocycles. The molecule has 0 radical (unpaired) electrons. The van der Waals surface area contributed by atoms with Gasteiger partial charge in [-0.15, -0.1) is 0 Å². The molecule has 0 aromatic heterocycles. The molecule has 88 valence electrons. The summed E-state index contributed by atoms with van der Waals surface area (Å²) in [6, 6.07) is 6.17. The first-order valence-electron chi connectivity index (χ1n) is 5.64. The number of anilines is 2. The first kappa shape index (κ1) is 11.1. The molecule has 1 saturated heterocycles. The van der Waals surface area contributed by atoms with Crippen molar-refractivity contribution < 1.29 is 4.74 Å². The molecule has 0 bridgehead atoms. The van der Waals surface area contributed by atoms with Gasteiger partial charge in [0.05, 0.1) is 18.5 Å². The number of methoxy groups -OCH3 is 1. The zero-order chi connectivity index (χ0) is 11.5. The Balaban J connectivity index is 2.14. The number of rotatable bonds is 2. The predicted octanol–water partition coefficient (Wildman–Crippen LogP) is 1.20. The normalized spacial score (nSPS) is 17.5. The van der Waals surface area contributed by atoms with Crippen molar-refractivity contribution in [1.82, 2.24) is 0 Å². The molecular formula is C12H19N3O. The molecule has 0 atom stereocenters. The van der Waals surface area contributed by atoms with Crippen LogP contribution in [0.15, 0.2) is 18.2 Å². The van der Waals surface area contributed by atoms with Crippen molar-refractivity contribution in [2.75, 3.05) is 30.8 Å². The maximum atomic E-state index is 6.01. The number of nitrogen functional groups attached to an aromatic ring is 1. The van der Waals surface area contributed by atoms with Gasteiger partial charge in [0.1, 0.15) is 5.75 Å². The third-order valence-corrected chi connectivity index (χ3v) is 3.12. The van der Waals surface area contributed by atoms with Crippen molar-refractivity contribution in [3.05, 3.63) is 18.2 Å². The van der Waals surface area contributed by atoms with E-state index >= 15 is 0 Å².